The number of hydrogen-bond acceptors (Lipinski definition) is 3. The summed E-state index contributed by atoms with van der Waals surface area (Å²) in [5.41, 5.74) is 7.53. The van der Waals surface area contributed by atoms with Crippen molar-refractivity contribution in [3.05, 3.63) is 106 Å². The highest BCUT2D eigenvalue weighted by Crippen LogP contribution is 2.44. The molecule has 35 heavy (non-hydrogen) atoms. The summed E-state index contributed by atoms with van der Waals surface area (Å²) in [6.07, 6.45) is 1.83. The first-order valence-corrected chi connectivity index (χ1v) is 12.3. The van der Waals surface area contributed by atoms with Gasteiger partial charge in [0.1, 0.15) is 5.75 Å². The quantitative estimate of drug-likeness (QED) is 0.310. The zero-order chi connectivity index (χ0) is 24.7. The molecule has 2 atom stereocenters. The van der Waals surface area contributed by atoms with Gasteiger partial charge in [-0.15, -0.1) is 0 Å². The summed E-state index contributed by atoms with van der Waals surface area (Å²) >= 11 is 12.4. The van der Waals surface area contributed by atoms with Crippen molar-refractivity contribution in [2.75, 3.05) is 12.0 Å². The van der Waals surface area contributed by atoms with E-state index in [-0.39, 0.29) is 12.1 Å². The van der Waals surface area contributed by atoms with Crippen LogP contribution in [-0.4, -0.2) is 21.8 Å². The summed E-state index contributed by atoms with van der Waals surface area (Å²) in [4.78, 5) is 6.86. The Hall–Kier alpha value is -3.35. The summed E-state index contributed by atoms with van der Waals surface area (Å²) in [6.45, 7) is 6.35. The first-order chi connectivity index (χ1) is 16.9. The Labute approximate surface area is 216 Å². The van der Waals surface area contributed by atoms with Gasteiger partial charge in [-0.1, -0.05) is 23.7 Å². The number of aromatic nitrogens is 2. The highest BCUT2D eigenvalue weighted by atomic mass is 35.5. The van der Waals surface area contributed by atoms with Crippen LogP contribution in [0.3, 0.4) is 0 Å². The highest BCUT2D eigenvalue weighted by Gasteiger charge is 2.42. The van der Waals surface area contributed by atoms with E-state index < -0.39 is 0 Å². The number of nitrogens with zero attached hydrogens (tertiary/aromatic N) is 3. The number of thiocarbonyl (C=S) groups is 1. The summed E-state index contributed by atoms with van der Waals surface area (Å²) in [7, 11) is 1.67. The van der Waals surface area contributed by atoms with Gasteiger partial charge in [0.15, 0.2) is 5.11 Å². The summed E-state index contributed by atoms with van der Waals surface area (Å²) in [6, 6.07) is 22.1. The van der Waals surface area contributed by atoms with Crippen LogP contribution in [0, 0.1) is 20.8 Å². The molecule has 0 saturated carbocycles. The maximum Gasteiger partial charge on any atom is 0.174 e. The van der Waals surface area contributed by atoms with Gasteiger partial charge in [0, 0.05) is 34.0 Å². The number of methoxy groups -OCH3 is 1. The van der Waals surface area contributed by atoms with Crippen LogP contribution >= 0.6 is 23.8 Å². The Bertz CT molecular complexity index is 1380. The van der Waals surface area contributed by atoms with E-state index in [1.807, 2.05) is 60.8 Å². The second kappa shape index (κ2) is 9.36. The fourth-order valence-electron chi connectivity index (χ4n) is 4.99. The predicted octanol–water partition coefficient (Wildman–Crippen LogP) is 6.64. The lowest BCUT2D eigenvalue weighted by Gasteiger charge is -2.28. The van der Waals surface area contributed by atoms with E-state index in [0.717, 1.165) is 44.8 Å². The first kappa shape index (κ1) is 23.4. The molecule has 0 bridgehead atoms. The molecule has 0 amide bonds. The Balaban J connectivity index is 1.68. The summed E-state index contributed by atoms with van der Waals surface area (Å²) in [5.74, 6) is 0.805. The molecule has 1 fully saturated rings. The lowest BCUT2D eigenvalue weighted by atomic mass is 9.96. The summed E-state index contributed by atoms with van der Waals surface area (Å²) < 4.78 is 7.65. The molecule has 3 heterocycles. The standard InChI is InChI=1S/C28H27ClN4OS/c1-17-16-22(19(3)32(17)25-10-7-8-23(29)18(25)2)27-26(24-9-5-6-15-30-24)31-28(35)33(27)20-11-13-21(34-4)14-12-20/h5-16,26-27H,1-4H3,(H,31,35). The zero-order valence-corrected chi connectivity index (χ0v) is 21.7. The molecule has 2 aromatic carbocycles. The number of nitrogens with one attached hydrogen (secondary N) is 1. The van der Waals surface area contributed by atoms with Gasteiger partial charge in [0.25, 0.3) is 0 Å². The largest absolute Gasteiger partial charge is 0.497 e. The number of rotatable bonds is 5. The van der Waals surface area contributed by atoms with Gasteiger partial charge in [0.2, 0.25) is 0 Å². The van der Waals surface area contributed by atoms with Crippen LogP contribution in [0.5, 0.6) is 5.75 Å². The second-order valence-electron chi connectivity index (χ2n) is 8.74. The minimum absolute atomic E-state index is 0.0924. The van der Waals surface area contributed by atoms with Crippen molar-refractivity contribution in [1.29, 1.82) is 0 Å². The van der Waals surface area contributed by atoms with Crippen molar-refractivity contribution < 1.29 is 4.74 Å². The average molecular weight is 503 g/mol. The van der Waals surface area contributed by atoms with E-state index in [2.05, 4.69) is 52.7 Å². The molecule has 7 heteroatoms. The maximum absolute atomic E-state index is 6.49. The molecule has 1 aliphatic heterocycles. The molecule has 1 N–H and O–H groups in total. The van der Waals surface area contributed by atoms with E-state index in [1.165, 1.54) is 5.56 Å². The fraction of sp³-hybridized carbons (Fsp3) is 0.214. The van der Waals surface area contributed by atoms with Gasteiger partial charge in [-0.05, 0) is 98.7 Å². The molecular weight excluding hydrogens is 476 g/mol. The molecule has 1 saturated heterocycles. The lowest BCUT2D eigenvalue weighted by Crippen LogP contribution is -2.29. The van der Waals surface area contributed by atoms with Gasteiger partial charge in [-0.3, -0.25) is 4.98 Å². The predicted molar refractivity (Wildman–Crippen MR) is 146 cm³/mol. The Morgan fingerprint density at radius 2 is 1.77 bits per heavy atom. The van der Waals surface area contributed by atoms with Crippen LogP contribution in [0.1, 0.15) is 40.3 Å². The monoisotopic (exact) mass is 502 g/mol. The molecule has 5 nitrogen and oxygen atoms in total. The minimum Gasteiger partial charge on any atom is -0.497 e. The molecule has 1 aliphatic rings. The molecule has 0 radical (unpaired) electrons. The third-order valence-electron chi connectivity index (χ3n) is 6.72. The van der Waals surface area contributed by atoms with Crippen LogP contribution in [0.4, 0.5) is 5.69 Å². The van der Waals surface area contributed by atoms with Gasteiger partial charge in [0.05, 0.1) is 24.9 Å². The van der Waals surface area contributed by atoms with E-state index in [9.17, 15) is 0 Å². The molecular formula is C28H27ClN4OS. The van der Waals surface area contributed by atoms with Crippen molar-refractivity contribution in [1.82, 2.24) is 14.9 Å². The van der Waals surface area contributed by atoms with Crippen LogP contribution < -0.4 is 15.0 Å². The van der Waals surface area contributed by atoms with Gasteiger partial charge >= 0.3 is 0 Å². The van der Waals surface area contributed by atoms with E-state index in [1.54, 1.807) is 7.11 Å². The van der Waals surface area contributed by atoms with Gasteiger partial charge in [-0.25, -0.2) is 0 Å². The SMILES string of the molecule is COc1ccc(N2C(=S)NC(c3ccccn3)C2c2cc(C)n(-c3cccc(Cl)c3C)c2C)cc1. The molecule has 0 aliphatic carbocycles. The van der Waals surface area contributed by atoms with Crippen LogP contribution in [0.2, 0.25) is 5.02 Å². The molecule has 5 rings (SSSR count). The van der Waals surface area contributed by atoms with Crippen LogP contribution in [-0.2, 0) is 0 Å². The third-order valence-corrected chi connectivity index (χ3v) is 7.44. The normalized spacial score (nSPS) is 17.5. The number of aryl methyl sites for hydroxylation is 1. The third kappa shape index (κ3) is 4.07. The van der Waals surface area contributed by atoms with E-state index in [4.69, 9.17) is 28.6 Å². The lowest BCUT2D eigenvalue weighted by molar-refractivity contribution is 0.415. The summed E-state index contributed by atoms with van der Waals surface area (Å²) in [5, 5.41) is 4.97. The molecule has 2 unspecified atom stereocenters. The van der Waals surface area contributed by atoms with Crippen molar-refractivity contribution in [3.8, 4) is 11.4 Å². The van der Waals surface area contributed by atoms with Crippen molar-refractivity contribution >= 4 is 34.6 Å². The fourth-order valence-corrected chi connectivity index (χ4v) is 5.50. The first-order valence-electron chi connectivity index (χ1n) is 11.5. The number of anilines is 1. The number of halogens is 1. The van der Waals surface area contributed by atoms with E-state index in [0.29, 0.717) is 5.11 Å². The number of ether oxygens (including phenoxy) is 1. The molecule has 2 aromatic heterocycles. The maximum atomic E-state index is 6.49. The number of pyridine rings is 1. The van der Waals surface area contributed by atoms with Gasteiger partial charge < -0.3 is 19.5 Å². The zero-order valence-electron chi connectivity index (χ0n) is 20.1. The minimum atomic E-state index is -0.111. The molecule has 178 valence electrons. The second-order valence-corrected chi connectivity index (χ2v) is 9.53. The average Bonchev–Trinajstić information content (AvgIpc) is 3.36. The van der Waals surface area contributed by atoms with E-state index >= 15 is 0 Å². The Morgan fingerprint density at radius 3 is 2.46 bits per heavy atom. The highest BCUT2D eigenvalue weighted by molar-refractivity contribution is 7.80. The van der Waals surface area contributed by atoms with Crippen LogP contribution in [0.25, 0.3) is 5.69 Å². The smallest absolute Gasteiger partial charge is 0.174 e. The van der Waals surface area contributed by atoms with Gasteiger partial charge in [-0.2, -0.15) is 0 Å². The molecule has 4 aromatic rings. The Kier molecular flexibility index (Phi) is 6.26. The van der Waals surface area contributed by atoms with Crippen LogP contribution in [0.15, 0.2) is 72.9 Å². The Morgan fingerprint density at radius 1 is 1.00 bits per heavy atom. The number of hydrogen-bond donors (Lipinski definition) is 1. The molecule has 0 spiro atoms. The van der Waals surface area contributed by atoms with Crippen molar-refractivity contribution in [2.45, 2.75) is 32.9 Å². The number of benzene rings is 2. The topological polar surface area (TPSA) is 42.3 Å². The van der Waals surface area contributed by atoms with Crippen molar-refractivity contribution in [2.24, 2.45) is 0 Å². The van der Waals surface area contributed by atoms with Crippen molar-refractivity contribution in [3.63, 3.8) is 0 Å².